The van der Waals surface area contributed by atoms with Crippen molar-refractivity contribution in [2.45, 2.75) is 32.2 Å². The number of fused-ring (bicyclic) bond motifs is 4. The Morgan fingerprint density at radius 3 is 3.04 bits per heavy atom. The van der Waals surface area contributed by atoms with E-state index in [2.05, 4.69) is 15.4 Å². The molecule has 0 saturated carbocycles. The van der Waals surface area contributed by atoms with E-state index in [-0.39, 0.29) is 11.6 Å². The third-order valence-electron chi connectivity index (χ3n) is 5.21. The Bertz CT molecular complexity index is 1290. The molecule has 0 aliphatic heterocycles. The Morgan fingerprint density at radius 1 is 1.29 bits per heavy atom. The molecule has 3 heterocycles. The van der Waals surface area contributed by atoms with Gasteiger partial charge in [-0.2, -0.15) is 5.10 Å². The number of benzene rings is 1. The van der Waals surface area contributed by atoms with Crippen LogP contribution in [-0.2, 0) is 12.8 Å². The largest absolute Gasteiger partial charge is 0.422 e. The van der Waals surface area contributed by atoms with Crippen molar-refractivity contribution in [1.82, 2.24) is 19.9 Å². The van der Waals surface area contributed by atoms with Gasteiger partial charge < -0.3 is 9.73 Å². The molecule has 0 bridgehead atoms. The van der Waals surface area contributed by atoms with Crippen LogP contribution < -0.4 is 10.9 Å². The smallest absolute Gasteiger partial charge is 0.349 e. The summed E-state index contributed by atoms with van der Waals surface area (Å²) < 4.78 is 7.16. The second-order valence-electron chi connectivity index (χ2n) is 7.18. The summed E-state index contributed by atoms with van der Waals surface area (Å²) in [4.78, 5) is 29.4. The third-order valence-corrected chi connectivity index (χ3v) is 5.21. The number of nitrogens with one attached hydrogen (secondary N) is 1. The summed E-state index contributed by atoms with van der Waals surface area (Å²) in [6.07, 6.45) is 4.07. The Kier molecular flexibility index (Phi) is 3.75. The fourth-order valence-corrected chi connectivity index (χ4v) is 3.85. The summed E-state index contributed by atoms with van der Waals surface area (Å²) in [6.45, 7) is 1.95. The molecule has 140 valence electrons. The summed E-state index contributed by atoms with van der Waals surface area (Å²) in [5.41, 5.74) is 3.85. The lowest BCUT2D eigenvalue weighted by atomic mass is 9.92. The summed E-state index contributed by atoms with van der Waals surface area (Å²) in [6, 6.07) is 10.6. The van der Waals surface area contributed by atoms with Crippen LogP contribution in [0.5, 0.6) is 0 Å². The summed E-state index contributed by atoms with van der Waals surface area (Å²) in [7, 11) is 0. The maximum absolute atomic E-state index is 12.7. The van der Waals surface area contributed by atoms with Crippen LogP contribution in [0.25, 0.3) is 16.6 Å². The average molecular weight is 374 g/mol. The zero-order chi connectivity index (χ0) is 19.3. The lowest BCUT2D eigenvalue weighted by Gasteiger charge is -2.25. The zero-order valence-corrected chi connectivity index (χ0v) is 15.3. The van der Waals surface area contributed by atoms with E-state index in [4.69, 9.17) is 4.42 Å². The van der Waals surface area contributed by atoms with Crippen molar-refractivity contribution in [2.24, 2.45) is 0 Å². The van der Waals surface area contributed by atoms with Gasteiger partial charge in [0.1, 0.15) is 11.1 Å². The van der Waals surface area contributed by atoms with Crippen molar-refractivity contribution in [1.29, 1.82) is 0 Å². The van der Waals surface area contributed by atoms with Gasteiger partial charge >= 0.3 is 5.63 Å². The molecule has 28 heavy (non-hydrogen) atoms. The zero-order valence-electron chi connectivity index (χ0n) is 15.3. The highest BCUT2D eigenvalue weighted by atomic mass is 16.4. The number of carbonyl (C=O) groups excluding carboxylic acids is 1. The SMILES string of the molecule is Cc1cc2ncc3c(n2n1)CCC(NC(=O)c1cc2ccccc2oc1=O)C3. The van der Waals surface area contributed by atoms with Crippen molar-refractivity contribution in [2.75, 3.05) is 0 Å². The first kappa shape index (κ1) is 16.7. The summed E-state index contributed by atoms with van der Waals surface area (Å²) in [5.74, 6) is -0.406. The van der Waals surface area contributed by atoms with E-state index < -0.39 is 11.5 Å². The van der Waals surface area contributed by atoms with E-state index in [1.807, 2.05) is 35.8 Å². The number of nitrogens with zero attached hydrogens (tertiary/aromatic N) is 3. The molecule has 1 aliphatic carbocycles. The van der Waals surface area contributed by atoms with Crippen LogP contribution in [0.3, 0.4) is 0 Å². The first-order valence-corrected chi connectivity index (χ1v) is 9.25. The Hall–Kier alpha value is -3.48. The predicted octanol–water partition coefficient (Wildman–Crippen LogP) is 2.43. The Balaban J connectivity index is 1.40. The van der Waals surface area contributed by atoms with E-state index in [0.717, 1.165) is 40.8 Å². The van der Waals surface area contributed by atoms with Gasteiger partial charge in [-0.1, -0.05) is 18.2 Å². The molecule has 1 atom stereocenters. The van der Waals surface area contributed by atoms with E-state index in [0.29, 0.717) is 12.0 Å². The van der Waals surface area contributed by atoms with Crippen molar-refractivity contribution >= 4 is 22.5 Å². The number of rotatable bonds is 2. The molecule has 1 amide bonds. The molecule has 0 fully saturated rings. The molecule has 5 rings (SSSR count). The van der Waals surface area contributed by atoms with Crippen LogP contribution in [0.2, 0.25) is 0 Å². The molecule has 3 aromatic heterocycles. The number of hydrogen-bond acceptors (Lipinski definition) is 5. The molecule has 1 unspecified atom stereocenters. The number of para-hydroxylation sites is 1. The molecular weight excluding hydrogens is 356 g/mol. The highest BCUT2D eigenvalue weighted by Crippen LogP contribution is 2.22. The molecule has 4 aromatic rings. The number of amides is 1. The van der Waals surface area contributed by atoms with Crippen LogP contribution in [0.1, 0.15) is 33.7 Å². The third kappa shape index (κ3) is 2.76. The van der Waals surface area contributed by atoms with Crippen LogP contribution >= 0.6 is 0 Å². The van der Waals surface area contributed by atoms with Crippen LogP contribution in [-0.4, -0.2) is 26.5 Å². The molecule has 1 N–H and O–H groups in total. The van der Waals surface area contributed by atoms with Crippen molar-refractivity contribution < 1.29 is 9.21 Å². The maximum Gasteiger partial charge on any atom is 0.349 e. The van der Waals surface area contributed by atoms with Crippen molar-refractivity contribution in [3.63, 3.8) is 0 Å². The van der Waals surface area contributed by atoms with Gasteiger partial charge in [-0.15, -0.1) is 0 Å². The molecule has 0 radical (unpaired) electrons. The van der Waals surface area contributed by atoms with Gasteiger partial charge in [0, 0.05) is 29.4 Å². The average Bonchev–Trinajstić information content (AvgIpc) is 3.08. The monoisotopic (exact) mass is 374 g/mol. The molecule has 1 aromatic carbocycles. The van der Waals surface area contributed by atoms with Crippen LogP contribution in [0.4, 0.5) is 0 Å². The van der Waals surface area contributed by atoms with E-state index in [1.54, 1.807) is 18.2 Å². The minimum absolute atomic E-state index is 0.0285. The second-order valence-corrected chi connectivity index (χ2v) is 7.18. The molecule has 0 spiro atoms. The van der Waals surface area contributed by atoms with E-state index in [1.165, 1.54) is 0 Å². The second kappa shape index (κ2) is 6.30. The Labute approximate surface area is 160 Å². The molecule has 1 aliphatic rings. The van der Waals surface area contributed by atoms with Gasteiger partial charge in [0.2, 0.25) is 0 Å². The van der Waals surface area contributed by atoms with Gasteiger partial charge in [0.25, 0.3) is 5.91 Å². The van der Waals surface area contributed by atoms with E-state index in [9.17, 15) is 9.59 Å². The van der Waals surface area contributed by atoms with Crippen molar-refractivity contribution in [3.8, 4) is 0 Å². The highest BCUT2D eigenvalue weighted by Gasteiger charge is 2.24. The molecule has 7 nitrogen and oxygen atoms in total. The summed E-state index contributed by atoms with van der Waals surface area (Å²) in [5, 5.41) is 8.22. The van der Waals surface area contributed by atoms with Crippen molar-refractivity contribution in [3.05, 3.63) is 75.5 Å². The van der Waals surface area contributed by atoms with Gasteiger partial charge in [-0.25, -0.2) is 14.3 Å². The first-order valence-electron chi connectivity index (χ1n) is 9.25. The summed E-state index contributed by atoms with van der Waals surface area (Å²) >= 11 is 0. The van der Waals surface area contributed by atoms with Gasteiger partial charge in [-0.05, 0) is 43.9 Å². The normalized spacial score (nSPS) is 16.2. The lowest BCUT2D eigenvalue weighted by Crippen LogP contribution is -2.40. The number of carbonyl (C=O) groups is 1. The fourth-order valence-electron chi connectivity index (χ4n) is 3.85. The lowest BCUT2D eigenvalue weighted by molar-refractivity contribution is 0.0930. The van der Waals surface area contributed by atoms with Crippen LogP contribution in [0.15, 0.2) is 51.8 Å². The number of aryl methyl sites for hydroxylation is 2. The van der Waals surface area contributed by atoms with Gasteiger partial charge in [-0.3, -0.25) is 4.79 Å². The highest BCUT2D eigenvalue weighted by molar-refractivity contribution is 5.96. The standard InChI is InChI=1S/C21H18N4O3/c1-12-8-19-22-11-14-9-15(6-7-17(14)25(19)24-12)23-20(26)16-10-13-4-2-3-5-18(13)28-21(16)27/h2-5,8,10-11,15H,6-7,9H2,1H3,(H,23,26). The molecule has 0 saturated heterocycles. The molecular formula is C21H18N4O3. The molecule has 7 heteroatoms. The van der Waals surface area contributed by atoms with Crippen LogP contribution in [0, 0.1) is 6.92 Å². The fraction of sp³-hybridized carbons (Fsp3) is 0.238. The predicted molar refractivity (Wildman–Crippen MR) is 103 cm³/mol. The minimum Gasteiger partial charge on any atom is -0.422 e. The maximum atomic E-state index is 12.7. The number of aromatic nitrogens is 3. The Morgan fingerprint density at radius 2 is 2.14 bits per heavy atom. The minimum atomic E-state index is -0.622. The number of hydrogen-bond donors (Lipinski definition) is 1. The van der Waals surface area contributed by atoms with Gasteiger partial charge in [0.15, 0.2) is 5.65 Å². The van der Waals surface area contributed by atoms with E-state index >= 15 is 0 Å². The van der Waals surface area contributed by atoms with Gasteiger partial charge in [0.05, 0.1) is 5.69 Å². The quantitative estimate of drug-likeness (QED) is 0.544. The first-order chi connectivity index (χ1) is 13.6. The topological polar surface area (TPSA) is 89.5 Å².